The number of carbonyl (C=O) groups excluding carboxylic acids is 1. The van der Waals surface area contributed by atoms with Crippen molar-refractivity contribution in [2.24, 2.45) is 0 Å². The SMILES string of the molecule is CC(=O)c1ccc(OCc2cccc(Br)c2)cc1I. The molecule has 2 nitrogen and oxygen atoms in total. The Hall–Kier alpha value is -0.880. The summed E-state index contributed by atoms with van der Waals surface area (Å²) in [6, 6.07) is 13.5. The third kappa shape index (κ3) is 4.04. The van der Waals surface area contributed by atoms with Crippen molar-refractivity contribution < 1.29 is 9.53 Å². The van der Waals surface area contributed by atoms with Crippen molar-refractivity contribution in [1.82, 2.24) is 0 Å². The van der Waals surface area contributed by atoms with Crippen LogP contribution in [-0.4, -0.2) is 5.78 Å². The van der Waals surface area contributed by atoms with Crippen LogP contribution in [-0.2, 0) is 6.61 Å². The summed E-state index contributed by atoms with van der Waals surface area (Å²) in [6.45, 7) is 2.08. The Bertz CT molecular complexity index is 611. The molecule has 0 amide bonds. The summed E-state index contributed by atoms with van der Waals surface area (Å²) in [5.74, 6) is 0.845. The van der Waals surface area contributed by atoms with Gasteiger partial charge in [0.15, 0.2) is 5.78 Å². The lowest BCUT2D eigenvalue weighted by atomic mass is 10.1. The normalized spacial score (nSPS) is 10.3. The van der Waals surface area contributed by atoms with Gasteiger partial charge >= 0.3 is 0 Å². The highest BCUT2D eigenvalue weighted by Crippen LogP contribution is 2.21. The molecule has 0 bridgehead atoms. The van der Waals surface area contributed by atoms with Gasteiger partial charge in [-0.15, -0.1) is 0 Å². The molecular formula is C15H12BrIO2. The summed E-state index contributed by atoms with van der Waals surface area (Å²) >= 11 is 5.58. The number of carbonyl (C=O) groups is 1. The molecule has 0 unspecified atom stereocenters. The summed E-state index contributed by atoms with van der Waals surface area (Å²) in [5, 5.41) is 0. The molecule has 98 valence electrons. The zero-order chi connectivity index (χ0) is 13.8. The van der Waals surface area contributed by atoms with Crippen LogP contribution in [0.4, 0.5) is 0 Å². The van der Waals surface area contributed by atoms with Crippen LogP contribution in [0.3, 0.4) is 0 Å². The molecule has 19 heavy (non-hydrogen) atoms. The van der Waals surface area contributed by atoms with Crippen LogP contribution in [0, 0.1) is 3.57 Å². The van der Waals surface area contributed by atoms with Gasteiger partial charge in [-0.2, -0.15) is 0 Å². The molecule has 0 aliphatic carbocycles. The van der Waals surface area contributed by atoms with E-state index >= 15 is 0 Å². The molecule has 0 atom stereocenters. The van der Waals surface area contributed by atoms with E-state index in [0.29, 0.717) is 6.61 Å². The average molecular weight is 431 g/mol. The number of hydrogen-bond donors (Lipinski definition) is 0. The number of ether oxygens (including phenoxy) is 1. The Balaban J connectivity index is 2.08. The van der Waals surface area contributed by atoms with Crippen LogP contribution in [0.25, 0.3) is 0 Å². The number of Topliss-reactive ketones (excluding diaryl/α,β-unsaturated/α-hetero) is 1. The first-order valence-electron chi connectivity index (χ1n) is 5.74. The molecule has 2 aromatic carbocycles. The highest BCUT2D eigenvalue weighted by Gasteiger charge is 2.06. The second kappa shape index (κ2) is 6.52. The molecular weight excluding hydrogens is 419 g/mol. The predicted molar refractivity (Wildman–Crippen MR) is 87.6 cm³/mol. The number of rotatable bonds is 4. The van der Waals surface area contributed by atoms with Crippen molar-refractivity contribution in [2.75, 3.05) is 0 Å². The minimum absolute atomic E-state index is 0.0722. The molecule has 0 N–H and O–H groups in total. The Morgan fingerprint density at radius 3 is 2.68 bits per heavy atom. The minimum atomic E-state index is 0.0722. The molecule has 0 saturated heterocycles. The first kappa shape index (κ1) is 14.5. The summed E-state index contributed by atoms with van der Waals surface area (Å²) < 4.78 is 7.68. The fourth-order valence-electron chi connectivity index (χ4n) is 1.66. The maximum Gasteiger partial charge on any atom is 0.160 e. The van der Waals surface area contributed by atoms with E-state index in [0.717, 1.165) is 24.9 Å². The maximum absolute atomic E-state index is 11.3. The van der Waals surface area contributed by atoms with Crippen molar-refractivity contribution in [2.45, 2.75) is 13.5 Å². The van der Waals surface area contributed by atoms with Crippen LogP contribution in [0.5, 0.6) is 5.75 Å². The molecule has 2 rings (SSSR count). The zero-order valence-electron chi connectivity index (χ0n) is 10.3. The van der Waals surface area contributed by atoms with Crippen molar-refractivity contribution in [1.29, 1.82) is 0 Å². The van der Waals surface area contributed by atoms with Gasteiger partial charge in [-0.05, 0) is 65.4 Å². The van der Waals surface area contributed by atoms with Gasteiger partial charge < -0.3 is 4.74 Å². The van der Waals surface area contributed by atoms with Gasteiger partial charge in [0.2, 0.25) is 0 Å². The van der Waals surface area contributed by atoms with E-state index in [1.165, 1.54) is 0 Å². The molecule has 0 aliphatic rings. The zero-order valence-corrected chi connectivity index (χ0v) is 14.1. The quantitative estimate of drug-likeness (QED) is 0.512. The van der Waals surface area contributed by atoms with Crippen LogP contribution in [0.1, 0.15) is 22.8 Å². The second-order valence-corrected chi connectivity index (χ2v) is 6.19. The lowest BCUT2D eigenvalue weighted by Gasteiger charge is -2.08. The van der Waals surface area contributed by atoms with E-state index in [1.807, 2.05) is 36.4 Å². The van der Waals surface area contributed by atoms with Gasteiger partial charge in [-0.1, -0.05) is 28.1 Å². The monoisotopic (exact) mass is 430 g/mol. The van der Waals surface area contributed by atoms with Crippen molar-refractivity contribution >= 4 is 44.3 Å². The fourth-order valence-corrected chi connectivity index (χ4v) is 2.98. The van der Waals surface area contributed by atoms with Gasteiger partial charge in [0.05, 0.1) is 0 Å². The van der Waals surface area contributed by atoms with E-state index in [4.69, 9.17) is 4.74 Å². The second-order valence-electron chi connectivity index (χ2n) is 4.12. The Morgan fingerprint density at radius 2 is 2.05 bits per heavy atom. The number of ketones is 1. The van der Waals surface area contributed by atoms with E-state index in [2.05, 4.69) is 38.5 Å². The van der Waals surface area contributed by atoms with Gasteiger partial charge in [0.1, 0.15) is 12.4 Å². The maximum atomic E-state index is 11.3. The van der Waals surface area contributed by atoms with E-state index in [1.54, 1.807) is 13.0 Å². The summed E-state index contributed by atoms with van der Waals surface area (Å²) in [5.41, 5.74) is 1.83. The molecule has 2 aromatic rings. The van der Waals surface area contributed by atoms with Gasteiger partial charge in [-0.3, -0.25) is 4.79 Å². The number of halogens is 2. The van der Waals surface area contributed by atoms with Crippen molar-refractivity contribution in [3.8, 4) is 5.75 Å². The highest BCUT2D eigenvalue weighted by atomic mass is 127. The summed E-state index contributed by atoms with van der Waals surface area (Å²) in [6.07, 6.45) is 0. The summed E-state index contributed by atoms with van der Waals surface area (Å²) in [4.78, 5) is 11.3. The van der Waals surface area contributed by atoms with Gasteiger partial charge in [0.25, 0.3) is 0 Å². The third-order valence-corrected chi connectivity index (χ3v) is 4.00. The van der Waals surface area contributed by atoms with Gasteiger partial charge in [0, 0.05) is 13.6 Å². The Kier molecular flexibility index (Phi) is 4.99. The smallest absolute Gasteiger partial charge is 0.160 e. The molecule has 0 radical (unpaired) electrons. The van der Waals surface area contributed by atoms with Crippen molar-refractivity contribution in [3.63, 3.8) is 0 Å². The van der Waals surface area contributed by atoms with Crippen LogP contribution < -0.4 is 4.74 Å². The highest BCUT2D eigenvalue weighted by molar-refractivity contribution is 14.1. The molecule has 0 saturated carbocycles. The van der Waals surface area contributed by atoms with Crippen LogP contribution >= 0.6 is 38.5 Å². The Morgan fingerprint density at radius 1 is 1.26 bits per heavy atom. The van der Waals surface area contributed by atoms with Gasteiger partial charge in [-0.25, -0.2) is 0 Å². The van der Waals surface area contributed by atoms with Crippen molar-refractivity contribution in [3.05, 3.63) is 61.6 Å². The largest absolute Gasteiger partial charge is 0.489 e. The molecule has 0 spiro atoms. The Labute approximate surface area is 134 Å². The molecule has 0 aromatic heterocycles. The third-order valence-electron chi connectivity index (χ3n) is 2.61. The number of hydrogen-bond acceptors (Lipinski definition) is 2. The molecule has 4 heteroatoms. The fraction of sp³-hybridized carbons (Fsp3) is 0.133. The first-order chi connectivity index (χ1) is 9.06. The first-order valence-corrected chi connectivity index (χ1v) is 7.61. The van der Waals surface area contributed by atoms with E-state index in [9.17, 15) is 4.79 Å². The lowest BCUT2D eigenvalue weighted by Crippen LogP contribution is -1.99. The van der Waals surface area contributed by atoms with E-state index in [-0.39, 0.29) is 5.78 Å². The molecule has 0 heterocycles. The lowest BCUT2D eigenvalue weighted by molar-refractivity contribution is 0.101. The predicted octanol–water partition coefficient (Wildman–Crippen LogP) is 4.84. The summed E-state index contributed by atoms with van der Waals surface area (Å²) in [7, 11) is 0. The number of benzene rings is 2. The minimum Gasteiger partial charge on any atom is -0.489 e. The standard InChI is InChI=1S/C15H12BrIO2/c1-10(18)14-6-5-13(8-15(14)17)19-9-11-3-2-4-12(16)7-11/h2-8H,9H2,1H3. The topological polar surface area (TPSA) is 26.3 Å². The van der Waals surface area contributed by atoms with Crippen LogP contribution in [0.2, 0.25) is 0 Å². The average Bonchev–Trinajstić information content (AvgIpc) is 2.36. The molecule has 0 fully saturated rings. The van der Waals surface area contributed by atoms with Crippen LogP contribution in [0.15, 0.2) is 46.9 Å². The molecule has 0 aliphatic heterocycles. The van der Waals surface area contributed by atoms with E-state index < -0.39 is 0 Å².